The highest BCUT2D eigenvalue weighted by Crippen LogP contribution is 2.61. The van der Waals surface area contributed by atoms with E-state index in [4.69, 9.17) is 4.74 Å². The molecule has 5 nitrogen and oxygen atoms in total. The highest BCUT2D eigenvalue weighted by Gasteiger charge is 2.42. The van der Waals surface area contributed by atoms with E-state index in [1.807, 2.05) is 0 Å². The van der Waals surface area contributed by atoms with Gasteiger partial charge in [-0.2, -0.15) is 0 Å². The first kappa shape index (κ1) is 28.3. The summed E-state index contributed by atoms with van der Waals surface area (Å²) in [5, 5.41) is 39.3. The van der Waals surface area contributed by atoms with Crippen LogP contribution in [0.25, 0.3) is 0 Å². The SMILES string of the molecule is CCCC[P+](CCCC)(CCCC)CCCCCC[C@H]1O[C@H](CO)[C@@H](O)[C@H](O)[C@H]1O. The summed E-state index contributed by atoms with van der Waals surface area (Å²) in [7, 11) is -0.811. The summed E-state index contributed by atoms with van der Waals surface area (Å²) in [6.45, 7) is 6.59. The summed E-state index contributed by atoms with van der Waals surface area (Å²) in [4.78, 5) is 0. The molecule has 1 heterocycles. The van der Waals surface area contributed by atoms with Gasteiger partial charge in [-0.05, 0) is 38.5 Å². The van der Waals surface area contributed by atoms with Gasteiger partial charge in [0.2, 0.25) is 0 Å². The Labute approximate surface area is 186 Å². The molecule has 0 aliphatic carbocycles. The van der Waals surface area contributed by atoms with Gasteiger partial charge in [0.25, 0.3) is 0 Å². The second kappa shape index (κ2) is 15.9. The lowest BCUT2D eigenvalue weighted by atomic mass is 9.92. The molecule has 180 valence electrons. The number of aliphatic hydroxyl groups is 4. The van der Waals surface area contributed by atoms with Crippen molar-refractivity contribution in [2.75, 3.05) is 31.3 Å². The molecule has 0 unspecified atom stereocenters. The Hall–Kier alpha value is 0.230. The third-order valence-corrected chi connectivity index (χ3v) is 11.9. The predicted molar refractivity (Wildman–Crippen MR) is 128 cm³/mol. The number of hydrogen-bond donors (Lipinski definition) is 4. The Bertz CT molecular complexity index is 399. The molecular weight excluding hydrogens is 399 g/mol. The zero-order valence-electron chi connectivity index (χ0n) is 19.8. The minimum Gasteiger partial charge on any atom is -0.394 e. The molecule has 4 N–H and O–H groups in total. The zero-order chi connectivity index (χ0) is 22.4. The maximum absolute atomic E-state index is 10.2. The van der Waals surface area contributed by atoms with Crippen molar-refractivity contribution in [1.29, 1.82) is 0 Å². The molecule has 0 amide bonds. The third-order valence-electron chi connectivity index (χ3n) is 6.82. The standard InChI is InChI=1S/C24H50O5P/c1-4-7-15-30(16-8-5-2,17-9-6-3)18-13-11-10-12-14-20-22(26)24(28)23(27)21(19-25)29-20/h20-28H,4-19H2,1-3H3/q+1/t20-,21-,22+,23-,24-/m1/s1. The largest absolute Gasteiger partial charge is 0.394 e. The molecule has 1 rings (SSSR count). The maximum atomic E-state index is 10.2. The van der Waals surface area contributed by atoms with E-state index in [-0.39, 0.29) is 6.61 Å². The zero-order valence-corrected chi connectivity index (χ0v) is 20.7. The van der Waals surface area contributed by atoms with E-state index in [1.165, 1.54) is 76.0 Å². The van der Waals surface area contributed by atoms with Gasteiger partial charge < -0.3 is 25.2 Å². The van der Waals surface area contributed by atoms with E-state index in [1.54, 1.807) is 0 Å². The van der Waals surface area contributed by atoms with Crippen molar-refractivity contribution in [2.24, 2.45) is 0 Å². The molecule has 30 heavy (non-hydrogen) atoms. The fourth-order valence-electron chi connectivity index (χ4n) is 4.71. The van der Waals surface area contributed by atoms with Gasteiger partial charge in [0.1, 0.15) is 24.4 Å². The van der Waals surface area contributed by atoms with Crippen LogP contribution in [0.15, 0.2) is 0 Å². The van der Waals surface area contributed by atoms with E-state index in [0.717, 1.165) is 12.8 Å². The fraction of sp³-hybridized carbons (Fsp3) is 1.00. The molecule has 0 aromatic rings. The maximum Gasteiger partial charge on any atom is 0.111 e. The minimum absolute atomic E-state index is 0.347. The summed E-state index contributed by atoms with van der Waals surface area (Å²) < 4.78 is 5.62. The Morgan fingerprint density at radius 2 is 1.07 bits per heavy atom. The minimum atomic E-state index is -1.25. The number of ether oxygens (including phenoxy) is 1. The Morgan fingerprint density at radius 1 is 0.600 bits per heavy atom. The second-order valence-corrected chi connectivity index (χ2v) is 13.8. The molecule has 5 atom stereocenters. The smallest absolute Gasteiger partial charge is 0.111 e. The van der Waals surface area contributed by atoms with Gasteiger partial charge in [-0.25, -0.2) is 0 Å². The summed E-state index contributed by atoms with van der Waals surface area (Å²) in [6, 6.07) is 0. The van der Waals surface area contributed by atoms with E-state index in [9.17, 15) is 20.4 Å². The van der Waals surface area contributed by atoms with Gasteiger partial charge in [-0.1, -0.05) is 52.9 Å². The van der Waals surface area contributed by atoms with Crippen LogP contribution in [0, 0.1) is 0 Å². The third kappa shape index (κ3) is 9.38. The molecule has 1 saturated heterocycles. The van der Waals surface area contributed by atoms with E-state index >= 15 is 0 Å². The highest BCUT2D eigenvalue weighted by molar-refractivity contribution is 7.75. The molecule has 0 saturated carbocycles. The summed E-state index contributed by atoms with van der Waals surface area (Å²) >= 11 is 0. The van der Waals surface area contributed by atoms with Crippen LogP contribution in [-0.2, 0) is 4.74 Å². The van der Waals surface area contributed by atoms with Crippen molar-refractivity contribution in [3.63, 3.8) is 0 Å². The molecular formula is C24H50O5P+. The molecule has 0 aromatic heterocycles. The molecule has 1 fully saturated rings. The number of rotatable bonds is 17. The lowest BCUT2D eigenvalue weighted by Crippen LogP contribution is -2.58. The Morgan fingerprint density at radius 3 is 1.57 bits per heavy atom. The number of hydrogen-bond acceptors (Lipinski definition) is 5. The number of aliphatic hydroxyl groups excluding tert-OH is 4. The average Bonchev–Trinajstić information content (AvgIpc) is 2.76. The lowest BCUT2D eigenvalue weighted by Gasteiger charge is -2.40. The summed E-state index contributed by atoms with van der Waals surface area (Å²) in [5.74, 6) is 0. The summed E-state index contributed by atoms with van der Waals surface area (Å²) in [6.07, 6.45) is 14.3. The molecule has 1 aliphatic heterocycles. The van der Waals surface area contributed by atoms with Crippen LogP contribution in [0.3, 0.4) is 0 Å². The fourth-order valence-corrected chi connectivity index (χ4v) is 9.91. The van der Waals surface area contributed by atoms with Crippen LogP contribution in [0.4, 0.5) is 0 Å². The van der Waals surface area contributed by atoms with Crippen LogP contribution in [0.1, 0.15) is 91.4 Å². The Kier molecular flexibility index (Phi) is 15.0. The molecule has 0 radical (unpaired) electrons. The first-order chi connectivity index (χ1) is 14.4. The van der Waals surface area contributed by atoms with Gasteiger partial charge in [-0.15, -0.1) is 0 Å². The molecule has 6 heteroatoms. The number of unbranched alkanes of at least 4 members (excludes halogenated alkanes) is 6. The monoisotopic (exact) mass is 449 g/mol. The van der Waals surface area contributed by atoms with Crippen molar-refractivity contribution in [3.05, 3.63) is 0 Å². The average molecular weight is 450 g/mol. The van der Waals surface area contributed by atoms with E-state index in [0.29, 0.717) is 6.42 Å². The highest BCUT2D eigenvalue weighted by atomic mass is 31.2. The van der Waals surface area contributed by atoms with Crippen LogP contribution in [-0.4, -0.2) is 82.2 Å². The summed E-state index contributed by atoms with van der Waals surface area (Å²) in [5.41, 5.74) is 0. The topological polar surface area (TPSA) is 90.2 Å². The van der Waals surface area contributed by atoms with Crippen LogP contribution < -0.4 is 0 Å². The molecule has 0 spiro atoms. The molecule has 0 bridgehead atoms. The van der Waals surface area contributed by atoms with Crippen LogP contribution in [0.2, 0.25) is 0 Å². The van der Waals surface area contributed by atoms with Crippen molar-refractivity contribution < 1.29 is 25.2 Å². The van der Waals surface area contributed by atoms with Gasteiger partial charge >= 0.3 is 0 Å². The van der Waals surface area contributed by atoms with Crippen LogP contribution >= 0.6 is 7.26 Å². The lowest BCUT2D eigenvalue weighted by molar-refractivity contribution is -0.230. The Balaban J connectivity index is 2.42. The van der Waals surface area contributed by atoms with Crippen molar-refractivity contribution in [2.45, 2.75) is 122 Å². The predicted octanol–water partition coefficient (Wildman–Crippen LogP) is 4.20. The quantitative estimate of drug-likeness (QED) is 0.197. The first-order valence-electron chi connectivity index (χ1n) is 12.6. The van der Waals surface area contributed by atoms with E-state index in [2.05, 4.69) is 20.8 Å². The van der Waals surface area contributed by atoms with Crippen molar-refractivity contribution in [3.8, 4) is 0 Å². The normalized spacial score (nSPS) is 27.5. The molecule has 0 aromatic carbocycles. The van der Waals surface area contributed by atoms with Gasteiger partial charge in [0, 0.05) is 7.26 Å². The van der Waals surface area contributed by atoms with Crippen molar-refractivity contribution >= 4 is 7.26 Å². The second-order valence-electron chi connectivity index (χ2n) is 9.37. The molecule has 1 aliphatic rings. The van der Waals surface area contributed by atoms with E-state index < -0.39 is 37.8 Å². The van der Waals surface area contributed by atoms with Crippen molar-refractivity contribution in [1.82, 2.24) is 0 Å². The van der Waals surface area contributed by atoms with Gasteiger partial charge in [0.15, 0.2) is 0 Å². The van der Waals surface area contributed by atoms with Gasteiger partial charge in [-0.3, -0.25) is 0 Å². The van der Waals surface area contributed by atoms with Crippen LogP contribution in [0.5, 0.6) is 0 Å². The van der Waals surface area contributed by atoms with Gasteiger partial charge in [0.05, 0.1) is 37.4 Å². The first-order valence-corrected chi connectivity index (χ1v) is 15.1.